The second-order valence-electron chi connectivity index (χ2n) is 9.49. The molecule has 3 aliphatic rings. The number of nitrogens with one attached hydrogen (secondary N) is 1. The smallest absolute Gasteiger partial charge is 0.228 e. The molecule has 1 aromatic heterocycles. The van der Waals surface area contributed by atoms with Gasteiger partial charge < -0.3 is 9.88 Å². The first kappa shape index (κ1) is 17.3. The molecule has 144 valence electrons. The van der Waals surface area contributed by atoms with Crippen molar-refractivity contribution in [2.45, 2.75) is 77.5 Å². The summed E-state index contributed by atoms with van der Waals surface area (Å²) in [7, 11) is 2.29. The van der Waals surface area contributed by atoms with E-state index in [1.165, 1.54) is 35.0 Å². The van der Waals surface area contributed by atoms with Crippen LogP contribution in [0.15, 0.2) is 18.2 Å². The lowest BCUT2D eigenvalue weighted by Gasteiger charge is -2.33. The topological polar surface area (TPSA) is 37.3 Å². The van der Waals surface area contributed by atoms with Crippen molar-refractivity contribution < 1.29 is 4.79 Å². The molecule has 1 saturated carbocycles. The SMILES string of the molecule is Cc1ccc2c(c1)c1c(n2CC2(C(=O)NC(C)C)CC2)CC2CCC1N2C. The van der Waals surface area contributed by atoms with Crippen LogP contribution in [0.5, 0.6) is 0 Å². The molecule has 2 fully saturated rings. The third kappa shape index (κ3) is 2.56. The lowest BCUT2D eigenvalue weighted by Crippen LogP contribution is -2.39. The van der Waals surface area contributed by atoms with Gasteiger partial charge in [-0.3, -0.25) is 9.69 Å². The Morgan fingerprint density at radius 2 is 2.07 bits per heavy atom. The van der Waals surface area contributed by atoms with Gasteiger partial charge in [0, 0.05) is 47.7 Å². The Kier molecular flexibility index (Phi) is 3.74. The van der Waals surface area contributed by atoms with Crippen LogP contribution in [0.1, 0.15) is 62.4 Å². The Labute approximate surface area is 161 Å². The summed E-state index contributed by atoms with van der Waals surface area (Å²) in [5, 5.41) is 4.59. The first-order chi connectivity index (χ1) is 12.9. The number of hydrogen-bond acceptors (Lipinski definition) is 2. The van der Waals surface area contributed by atoms with E-state index in [0.29, 0.717) is 12.1 Å². The summed E-state index contributed by atoms with van der Waals surface area (Å²) in [6.07, 6.45) is 5.71. The van der Waals surface area contributed by atoms with Crippen molar-refractivity contribution in [3.05, 3.63) is 35.0 Å². The van der Waals surface area contributed by atoms with Crippen LogP contribution >= 0.6 is 0 Å². The Morgan fingerprint density at radius 3 is 2.78 bits per heavy atom. The van der Waals surface area contributed by atoms with Gasteiger partial charge in [0.25, 0.3) is 0 Å². The average Bonchev–Trinajstić information content (AvgIpc) is 3.29. The molecule has 2 atom stereocenters. The first-order valence-electron chi connectivity index (χ1n) is 10.5. The van der Waals surface area contributed by atoms with Gasteiger partial charge in [-0.2, -0.15) is 0 Å². The van der Waals surface area contributed by atoms with E-state index in [1.54, 1.807) is 5.56 Å². The summed E-state index contributed by atoms with van der Waals surface area (Å²) in [5.74, 6) is 0.246. The van der Waals surface area contributed by atoms with Gasteiger partial charge in [0.15, 0.2) is 0 Å². The molecule has 4 heteroatoms. The monoisotopic (exact) mass is 365 g/mol. The molecule has 5 rings (SSSR count). The molecule has 1 amide bonds. The molecule has 2 aromatic rings. The van der Waals surface area contributed by atoms with Gasteiger partial charge in [-0.05, 0) is 71.2 Å². The number of carbonyl (C=O) groups excluding carboxylic acids is 1. The van der Waals surface area contributed by atoms with Gasteiger partial charge in [-0.25, -0.2) is 0 Å². The normalized spacial score (nSPS) is 25.8. The number of benzene rings is 1. The van der Waals surface area contributed by atoms with E-state index in [2.05, 4.69) is 60.8 Å². The number of likely N-dealkylation sites (N-methyl/N-ethyl adjacent to an activating group) is 1. The first-order valence-corrected chi connectivity index (χ1v) is 10.5. The summed E-state index contributed by atoms with van der Waals surface area (Å²) in [5.41, 5.74) is 5.51. The molecular weight excluding hydrogens is 334 g/mol. The van der Waals surface area contributed by atoms with Crippen molar-refractivity contribution in [3.63, 3.8) is 0 Å². The molecule has 1 N–H and O–H groups in total. The van der Waals surface area contributed by atoms with Gasteiger partial charge in [0.2, 0.25) is 5.91 Å². The number of nitrogens with zero attached hydrogens (tertiary/aromatic N) is 2. The summed E-state index contributed by atoms with van der Waals surface area (Å²) >= 11 is 0. The van der Waals surface area contributed by atoms with E-state index >= 15 is 0 Å². The quantitative estimate of drug-likeness (QED) is 0.891. The van der Waals surface area contributed by atoms with Gasteiger partial charge in [0.05, 0.1) is 5.41 Å². The number of aryl methyl sites for hydroxylation is 1. The largest absolute Gasteiger partial charge is 0.353 e. The standard InChI is InChI=1S/C23H31N3O/c1-14(2)24-22(27)23(9-10-23)13-26-18-7-5-15(3)11-17(18)21-19-8-6-16(25(19)4)12-20(21)26/h5,7,11,14,16,19H,6,8-10,12-13H2,1-4H3,(H,24,27). The van der Waals surface area contributed by atoms with Crippen LogP contribution in [0, 0.1) is 12.3 Å². The molecule has 0 spiro atoms. The number of fused-ring (bicyclic) bond motifs is 6. The zero-order valence-electron chi connectivity index (χ0n) is 17.0. The highest BCUT2D eigenvalue weighted by Crippen LogP contribution is 2.51. The van der Waals surface area contributed by atoms with Crippen LogP contribution in [0.25, 0.3) is 10.9 Å². The van der Waals surface area contributed by atoms with E-state index in [4.69, 9.17) is 0 Å². The van der Waals surface area contributed by atoms with Crippen LogP contribution in [0.2, 0.25) is 0 Å². The molecule has 2 bridgehead atoms. The molecule has 2 unspecified atom stereocenters. The fraction of sp³-hybridized carbons (Fsp3) is 0.609. The van der Waals surface area contributed by atoms with E-state index in [0.717, 1.165) is 25.8 Å². The van der Waals surface area contributed by atoms with Crippen molar-refractivity contribution in [3.8, 4) is 0 Å². The minimum Gasteiger partial charge on any atom is -0.353 e. The zero-order valence-corrected chi connectivity index (χ0v) is 17.0. The maximum Gasteiger partial charge on any atom is 0.228 e. The highest BCUT2D eigenvalue weighted by atomic mass is 16.2. The Hall–Kier alpha value is -1.81. The van der Waals surface area contributed by atoms with Gasteiger partial charge in [0.1, 0.15) is 0 Å². The summed E-state index contributed by atoms with van der Waals surface area (Å²) in [6.45, 7) is 7.13. The average molecular weight is 366 g/mol. The molecule has 4 nitrogen and oxygen atoms in total. The summed E-state index contributed by atoms with van der Waals surface area (Å²) in [4.78, 5) is 15.5. The van der Waals surface area contributed by atoms with E-state index in [9.17, 15) is 4.79 Å². The lowest BCUT2D eigenvalue weighted by molar-refractivity contribution is -0.127. The van der Waals surface area contributed by atoms with Crippen molar-refractivity contribution >= 4 is 16.8 Å². The molecule has 1 aliphatic carbocycles. The number of carbonyl (C=O) groups is 1. The number of rotatable bonds is 4. The van der Waals surface area contributed by atoms with Crippen molar-refractivity contribution in [1.82, 2.24) is 14.8 Å². The van der Waals surface area contributed by atoms with E-state index in [-0.39, 0.29) is 17.4 Å². The second-order valence-corrected chi connectivity index (χ2v) is 9.49. The number of amides is 1. The predicted octanol–water partition coefficient (Wildman–Crippen LogP) is 3.95. The van der Waals surface area contributed by atoms with Crippen molar-refractivity contribution in [2.75, 3.05) is 7.05 Å². The van der Waals surface area contributed by atoms with Gasteiger partial charge in [-0.15, -0.1) is 0 Å². The Bertz CT molecular complexity index is 921. The molecule has 2 aliphatic heterocycles. The van der Waals surface area contributed by atoms with Crippen LogP contribution in [-0.2, 0) is 17.8 Å². The Morgan fingerprint density at radius 1 is 1.30 bits per heavy atom. The van der Waals surface area contributed by atoms with Crippen LogP contribution in [-0.4, -0.2) is 34.5 Å². The van der Waals surface area contributed by atoms with Crippen LogP contribution < -0.4 is 5.32 Å². The maximum absolute atomic E-state index is 12.9. The van der Waals surface area contributed by atoms with E-state index < -0.39 is 0 Å². The van der Waals surface area contributed by atoms with Gasteiger partial charge >= 0.3 is 0 Å². The fourth-order valence-electron chi connectivity index (χ4n) is 5.47. The van der Waals surface area contributed by atoms with Crippen molar-refractivity contribution in [1.29, 1.82) is 0 Å². The number of hydrogen-bond donors (Lipinski definition) is 1. The molecule has 0 radical (unpaired) electrons. The highest BCUT2D eigenvalue weighted by Gasteiger charge is 2.51. The third-order valence-electron chi connectivity index (χ3n) is 7.19. The predicted molar refractivity (Wildman–Crippen MR) is 109 cm³/mol. The third-order valence-corrected chi connectivity index (χ3v) is 7.19. The molecule has 27 heavy (non-hydrogen) atoms. The highest BCUT2D eigenvalue weighted by molar-refractivity contribution is 5.89. The Balaban J connectivity index is 1.62. The molecule has 1 saturated heterocycles. The minimum atomic E-state index is -0.197. The molecule has 3 heterocycles. The summed E-state index contributed by atoms with van der Waals surface area (Å²) in [6, 6.07) is 8.28. The fourth-order valence-corrected chi connectivity index (χ4v) is 5.47. The summed E-state index contributed by atoms with van der Waals surface area (Å²) < 4.78 is 2.52. The maximum atomic E-state index is 12.9. The lowest BCUT2D eigenvalue weighted by atomic mass is 9.96. The van der Waals surface area contributed by atoms with Crippen LogP contribution in [0.3, 0.4) is 0 Å². The van der Waals surface area contributed by atoms with Crippen LogP contribution in [0.4, 0.5) is 0 Å². The van der Waals surface area contributed by atoms with Gasteiger partial charge in [-0.1, -0.05) is 11.6 Å². The zero-order chi connectivity index (χ0) is 18.9. The van der Waals surface area contributed by atoms with Crippen molar-refractivity contribution in [2.24, 2.45) is 5.41 Å². The minimum absolute atomic E-state index is 0.197. The number of aromatic nitrogens is 1. The van der Waals surface area contributed by atoms with E-state index in [1.807, 2.05) is 0 Å². The second kappa shape index (κ2) is 5.84. The molecule has 1 aromatic carbocycles. The molecular formula is C23H31N3O.